The second kappa shape index (κ2) is 8.59. The molecule has 0 saturated carbocycles. The molecule has 0 aliphatic heterocycles. The zero-order chi connectivity index (χ0) is 15.0. The Balaban J connectivity index is 2.86. The van der Waals surface area contributed by atoms with E-state index < -0.39 is 0 Å². The fourth-order valence-electron chi connectivity index (χ4n) is 1.96. The van der Waals surface area contributed by atoms with E-state index in [1.165, 1.54) is 6.92 Å². The van der Waals surface area contributed by atoms with Gasteiger partial charge in [-0.25, -0.2) is 0 Å². The van der Waals surface area contributed by atoms with Crippen molar-refractivity contribution < 1.29 is 9.53 Å². The Kier molecular flexibility index (Phi) is 7.09. The summed E-state index contributed by atoms with van der Waals surface area (Å²) in [5.74, 6) is 0.833. The Bertz CT molecular complexity index is 430. The second-order valence-corrected chi connectivity index (χ2v) is 5.22. The van der Waals surface area contributed by atoms with Gasteiger partial charge < -0.3 is 15.0 Å². The Labute approximate surface area is 122 Å². The first kappa shape index (κ1) is 16.5. The molecule has 1 N–H and O–H groups in total. The Morgan fingerprint density at radius 2 is 2.10 bits per heavy atom. The van der Waals surface area contributed by atoms with Gasteiger partial charge in [-0.3, -0.25) is 4.79 Å². The third kappa shape index (κ3) is 5.61. The summed E-state index contributed by atoms with van der Waals surface area (Å²) >= 11 is 0. The van der Waals surface area contributed by atoms with Crippen molar-refractivity contribution in [2.75, 3.05) is 32.6 Å². The minimum Gasteiger partial charge on any atom is -0.492 e. The smallest absolute Gasteiger partial charge is 0.221 e. The maximum atomic E-state index is 11.3. The van der Waals surface area contributed by atoms with Crippen LogP contribution in [0.15, 0.2) is 18.2 Å². The van der Waals surface area contributed by atoms with Crippen molar-refractivity contribution in [2.45, 2.75) is 33.1 Å². The summed E-state index contributed by atoms with van der Waals surface area (Å²) in [5.41, 5.74) is 1.97. The molecule has 0 saturated heterocycles. The zero-order valence-corrected chi connectivity index (χ0v) is 13.0. The number of hydrogen-bond acceptors (Lipinski definition) is 3. The van der Waals surface area contributed by atoms with Gasteiger partial charge in [0.25, 0.3) is 0 Å². The van der Waals surface area contributed by atoms with Gasteiger partial charge in [0.05, 0.1) is 0 Å². The van der Waals surface area contributed by atoms with Gasteiger partial charge in [-0.05, 0) is 39.1 Å². The minimum atomic E-state index is -0.0480. The highest BCUT2D eigenvalue weighted by Gasteiger charge is 2.10. The molecule has 0 aliphatic carbocycles. The molecule has 1 amide bonds. The van der Waals surface area contributed by atoms with Gasteiger partial charge in [0.15, 0.2) is 0 Å². The molecule has 1 aromatic rings. The number of likely N-dealkylation sites (N-methyl/N-ethyl adjacent to an activating group) is 1. The molecule has 112 valence electrons. The van der Waals surface area contributed by atoms with Crippen molar-refractivity contribution in [2.24, 2.45) is 0 Å². The lowest BCUT2D eigenvalue weighted by Crippen LogP contribution is -2.20. The number of benzene rings is 1. The van der Waals surface area contributed by atoms with Crippen molar-refractivity contribution >= 4 is 11.6 Å². The number of ether oxygens (including phenoxy) is 1. The molecular formula is C16H26N2O2. The van der Waals surface area contributed by atoms with E-state index in [-0.39, 0.29) is 5.91 Å². The highest BCUT2D eigenvalue weighted by Crippen LogP contribution is 2.28. The van der Waals surface area contributed by atoms with Crippen LogP contribution in [0.25, 0.3) is 0 Å². The monoisotopic (exact) mass is 278 g/mol. The van der Waals surface area contributed by atoms with Crippen LogP contribution in [0, 0.1) is 0 Å². The predicted molar refractivity (Wildman–Crippen MR) is 83.4 cm³/mol. The van der Waals surface area contributed by atoms with E-state index in [1.807, 2.05) is 32.3 Å². The molecule has 4 nitrogen and oxygen atoms in total. The number of carbonyl (C=O) groups excluding carboxylic acids is 1. The minimum absolute atomic E-state index is 0.0480. The van der Waals surface area contributed by atoms with E-state index in [2.05, 4.69) is 17.1 Å². The number of amides is 1. The van der Waals surface area contributed by atoms with Crippen LogP contribution in [0.5, 0.6) is 5.75 Å². The van der Waals surface area contributed by atoms with Crippen LogP contribution in [-0.4, -0.2) is 38.1 Å². The van der Waals surface area contributed by atoms with Gasteiger partial charge in [-0.2, -0.15) is 0 Å². The van der Waals surface area contributed by atoms with Crippen molar-refractivity contribution in [3.63, 3.8) is 0 Å². The van der Waals surface area contributed by atoms with Gasteiger partial charge in [-0.1, -0.05) is 19.4 Å². The Hall–Kier alpha value is -1.55. The Morgan fingerprint density at radius 3 is 2.70 bits per heavy atom. The summed E-state index contributed by atoms with van der Waals surface area (Å²) in [4.78, 5) is 13.4. The number of anilines is 1. The van der Waals surface area contributed by atoms with E-state index >= 15 is 0 Å². The number of nitrogens with one attached hydrogen (secondary N) is 1. The van der Waals surface area contributed by atoms with Gasteiger partial charge in [0.1, 0.15) is 12.4 Å². The van der Waals surface area contributed by atoms with Crippen molar-refractivity contribution in [3.05, 3.63) is 23.8 Å². The highest BCUT2D eigenvalue weighted by molar-refractivity contribution is 5.90. The van der Waals surface area contributed by atoms with Gasteiger partial charge in [0, 0.05) is 24.7 Å². The zero-order valence-electron chi connectivity index (χ0n) is 13.0. The van der Waals surface area contributed by atoms with Crippen molar-refractivity contribution in [1.82, 2.24) is 4.90 Å². The average Bonchev–Trinajstić information content (AvgIpc) is 2.37. The fraction of sp³-hybridized carbons (Fsp3) is 0.562. The molecule has 0 radical (unpaired) electrons. The molecule has 0 aliphatic rings. The van der Waals surface area contributed by atoms with Crippen LogP contribution in [0.1, 0.15) is 32.3 Å². The van der Waals surface area contributed by atoms with Gasteiger partial charge in [-0.15, -0.1) is 0 Å². The maximum Gasteiger partial charge on any atom is 0.221 e. The summed E-state index contributed by atoms with van der Waals surface area (Å²) in [7, 11) is 4.05. The molecule has 0 heterocycles. The Morgan fingerprint density at radius 1 is 1.35 bits per heavy atom. The van der Waals surface area contributed by atoms with E-state index in [9.17, 15) is 4.79 Å². The van der Waals surface area contributed by atoms with Crippen LogP contribution in [0.4, 0.5) is 5.69 Å². The van der Waals surface area contributed by atoms with Crippen LogP contribution >= 0.6 is 0 Å². The summed E-state index contributed by atoms with van der Waals surface area (Å²) in [6.45, 7) is 5.21. The molecule has 1 aromatic carbocycles. The van der Waals surface area contributed by atoms with Gasteiger partial charge >= 0.3 is 0 Å². The van der Waals surface area contributed by atoms with Crippen LogP contribution < -0.4 is 10.1 Å². The molecule has 0 atom stereocenters. The number of carbonyl (C=O) groups is 1. The van der Waals surface area contributed by atoms with E-state index in [4.69, 9.17) is 4.74 Å². The first-order chi connectivity index (χ1) is 9.54. The van der Waals surface area contributed by atoms with Crippen molar-refractivity contribution in [1.29, 1.82) is 0 Å². The third-order valence-electron chi connectivity index (χ3n) is 3.02. The lowest BCUT2D eigenvalue weighted by atomic mass is 10.0. The fourth-order valence-corrected chi connectivity index (χ4v) is 1.96. The SMILES string of the molecule is CCCCc1c(NC(C)=O)cccc1OCCN(C)C. The first-order valence-electron chi connectivity index (χ1n) is 7.21. The molecular weight excluding hydrogens is 252 g/mol. The molecule has 0 spiro atoms. The molecule has 0 unspecified atom stereocenters. The molecule has 20 heavy (non-hydrogen) atoms. The van der Waals surface area contributed by atoms with E-state index in [0.29, 0.717) is 6.61 Å². The number of nitrogens with zero attached hydrogens (tertiary/aromatic N) is 1. The predicted octanol–water partition coefficient (Wildman–Crippen LogP) is 2.93. The van der Waals surface area contributed by atoms with E-state index in [1.54, 1.807) is 0 Å². The van der Waals surface area contributed by atoms with Crippen LogP contribution in [0.3, 0.4) is 0 Å². The van der Waals surface area contributed by atoms with Crippen LogP contribution in [0.2, 0.25) is 0 Å². The highest BCUT2D eigenvalue weighted by atomic mass is 16.5. The molecule has 0 bridgehead atoms. The standard InChI is InChI=1S/C16H26N2O2/c1-5-6-8-14-15(17-13(2)19)9-7-10-16(14)20-12-11-18(3)4/h7,9-10H,5-6,8,11-12H2,1-4H3,(H,17,19). The summed E-state index contributed by atoms with van der Waals surface area (Å²) in [6, 6.07) is 5.84. The molecule has 4 heteroatoms. The van der Waals surface area contributed by atoms with Gasteiger partial charge in [0.2, 0.25) is 5.91 Å². The number of unbranched alkanes of at least 4 members (excludes halogenated alkanes) is 1. The lowest BCUT2D eigenvalue weighted by molar-refractivity contribution is -0.114. The normalized spacial score (nSPS) is 10.7. The number of hydrogen-bond donors (Lipinski definition) is 1. The second-order valence-electron chi connectivity index (χ2n) is 5.22. The molecule has 0 aromatic heterocycles. The largest absolute Gasteiger partial charge is 0.492 e. The van der Waals surface area contributed by atoms with Crippen molar-refractivity contribution in [3.8, 4) is 5.75 Å². The topological polar surface area (TPSA) is 41.6 Å². The number of rotatable bonds is 8. The maximum absolute atomic E-state index is 11.3. The summed E-state index contributed by atoms with van der Waals surface area (Å²) in [5, 5.41) is 2.89. The first-order valence-corrected chi connectivity index (χ1v) is 7.21. The lowest BCUT2D eigenvalue weighted by Gasteiger charge is -2.17. The summed E-state index contributed by atoms with van der Waals surface area (Å²) in [6.07, 6.45) is 3.12. The van der Waals surface area contributed by atoms with Crippen LogP contribution in [-0.2, 0) is 11.2 Å². The molecule has 1 rings (SSSR count). The quantitative estimate of drug-likeness (QED) is 0.795. The average molecular weight is 278 g/mol. The summed E-state index contributed by atoms with van der Waals surface area (Å²) < 4.78 is 5.87. The van der Waals surface area contributed by atoms with E-state index in [0.717, 1.165) is 42.8 Å². The molecule has 0 fully saturated rings. The third-order valence-corrected chi connectivity index (χ3v) is 3.02.